The number of aromatic nitrogens is 1. The van der Waals surface area contributed by atoms with Gasteiger partial charge in [0.25, 0.3) is 0 Å². The number of amides is 1. The number of halogens is 1. The second-order valence-corrected chi connectivity index (χ2v) is 5.18. The zero-order chi connectivity index (χ0) is 17.4. The van der Waals surface area contributed by atoms with Gasteiger partial charge < -0.3 is 15.7 Å². The molecule has 24 heavy (non-hydrogen) atoms. The number of pyridine rings is 1. The molecule has 1 aromatic carbocycles. The van der Waals surface area contributed by atoms with Gasteiger partial charge in [0.15, 0.2) is 0 Å². The molecule has 0 aliphatic rings. The lowest BCUT2D eigenvalue weighted by atomic mass is 10.1. The first-order valence-electron chi connectivity index (χ1n) is 7.49. The van der Waals surface area contributed by atoms with E-state index in [0.717, 1.165) is 12.0 Å². The van der Waals surface area contributed by atoms with E-state index in [-0.39, 0.29) is 24.6 Å². The van der Waals surface area contributed by atoms with E-state index in [1.54, 1.807) is 24.3 Å². The van der Waals surface area contributed by atoms with E-state index >= 15 is 0 Å². The minimum Gasteiger partial charge on any atom is -0.481 e. The van der Waals surface area contributed by atoms with E-state index in [9.17, 15) is 14.0 Å². The van der Waals surface area contributed by atoms with Gasteiger partial charge in [-0.2, -0.15) is 0 Å². The van der Waals surface area contributed by atoms with Crippen molar-refractivity contribution in [2.75, 3.05) is 17.2 Å². The number of aliphatic carboxylic acids is 1. The van der Waals surface area contributed by atoms with Crippen molar-refractivity contribution in [3.05, 3.63) is 54.0 Å². The fraction of sp³-hybridized carbons (Fsp3) is 0.235. The first kappa shape index (κ1) is 17.4. The number of carbonyl (C=O) groups excluding carboxylic acids is 1. The molecule has 3 N–H and O–H groups in total. The van der Waals surface area contributed by atoms with Gasteiger partial charge in [0.05, 0.1) is 18.3 Å². The van der Waals surface area contributed by atoms with E-state index in [1.807, 2.05) is 0 Å². The predicted molar refractivity (Wildman–Crippen MR) is 88.3 cm³/mol. The van der Waals surface area contributed by atoms with Crippen LogP contribution in [0, 0.1) is 5.82 Å². The van der Waals surface area contributed by atoms with Gasteiger partial charge in [0.1, 0.15) is 11.6 Å². The monoisotopic (exact) mass is 331 g/mol. The third-order valence-corrected chi connectivity index (χ3v) is 3.25. The first-order chi connectivity index (χ1) is 11.5. The Morgan fingerprint density at radius 2 is 1.83 bits per heavy atom. The van der Waals surface area contributed by atoms with Crippen LogP contribution in [-0.4, -0.2) is 28.5 Å². The average Bonchev–Trinajstić information content (AvgIpc) is 2.56. The lowest BCUT2D eigenvalue weighted by Gasteiger charge is -2.08. The van der Waals surface area contributed by atoms with Crippen molar-refractivity contribution >= 4 is 23.4 Å². The third-order valence-electron chi connectivity index (χ3n) is 3.25. The van der Waals surface area contributed by atoms with Crippen LogP contribution in [0.4, 0.5) is 15.9 Å². The standard InChI is InChI=1S/C17H18FN3O3/c18-13-3-1-12(2-4-13)9-10-19-15-6-5-14(11-20-15)21-16(22)7-8-17(23)24/h1-6,11H,7-10H2,(H,19,20)(H,21,22)(H,23,24). The van der Waals surface area contributed by atoms with Gasteiger partial charge in [0, 0.05) is 13.0 Å². The number of nitrogens with one attached hydrogen (secondary N) is 2. The summed E-state index contributed by atoms with van der Waals surface area (Å²) in [4.78, 5) is 26.1. The number of carbonyl (C=O) groups is 2. The van der Waals surface area contributed by atoms with Gasteiger partial charge in [-0.25, -0.2) is 9.37 Å². The van der Waals surface area contributed by atoms with Crippen molar-refractivity contribution in [1.82, 2.24) is 4.98 Å². The predicted octanol–water partition coefficient (Wildman–Crippen LogP) is 2.68. The zero-order valence-electron chi connectivity index (χ0n) is 13.0. The van der Waals surface area contributed by atoms with Crippen molar-refractivity contribution in [3.8, 4) is 0 Å². The fourth-order valence-corrected chi connectivity index (χ4v) is 2.00. The van der Waals surface area contributed by atoms with Gasteiger partial charge in [-0.1, -0.05) is 12.1 Å². The Balaban J connectivity index is 1.76. The number of carboxylic acid groups (broad SMARTS) is 1. The maximum Gasteiger partial charge on any atom is 0.303 e. The summed E-state index contributed by atoms with van der Waals surface area (Å²) < 4.78 is 12.8. The zero-order valence-corrected chi connectivity index (χ0v) is 13.0. The van der Waals surface area contributed by atoms with Crippen LogP contribution in [-0.2, 0) is 16.0 Å². The van der Waals surface area contributed by atoms with E-state index in [2.05, 4.69) is 15.6 Å². The van der Waals surface area contributed by atoms with Gasteiger partial charge in [-0.05, 0) is 36.2 Å². The van der Waals surface area contributed by atoms with Crippen LogP contribution < -0.4 is 10.6 Å². The molecule has 6 nitrogen and oxygen atoms in total. The molecule has 0 fully saturated rings. The average molecular weight is 331 g/mol. The first-order valence-corrected chi connectivity index (χ1v) is 7.49. The Morgan fingerprint density at radius 3 is 2.46 bits per heavy atom. The molecule has 0 aliphatic carbocycles. The SMILES string of the molecule is O=C(O)CCC(=O)Nc1ccc(NCCc2ccc(F)cc2)nc1. The number of rotatable bonds is 8. The summed E-state index contributed by atoms with van der Waals surface area (Å²) in [6, 6.07) is 9.73. The molecule has 1 aromatic heterocycles. The van der Waals surface area contributed by atoms with Crippen LogP contribution >= 0.6 is 0 Å². The molecule has 1 heterocycles. The quantitative estimate of drug-likeness (QED) is 0.692. The Kier molecular flexibility index (Phi) is 6.24. The molecule has 2 rings (SSSR count). The summed E-state index contributed by atoms with van der Waals surface area (Å²) in [5, 5.41) is 14.2. The van der Waals surface area contributed by atoms with Crippen LogP contribution in [0.3, 0.4) is 0 Å². The highest BCUT2D eigenvalue weighted by Gasteiger charge is 2.06. The van der Waals surface area contributed by atoms with Gasteiger partial charge >= 0.3 is 5.97 Å². The van der Waals surface area contributed by atoms with Crippen LogP contribution in [0.5, 0.6) is 0 Å². The Bertz CT molecular complexity index is 687. The summed E-state index contributed by atoms with van der Waals surface area (Å²) in [6.45, 7) is 0.642. The van der Waals surface area contributed by atoms with Crippen molar-refractivity contribution < 1.29 is 19.1 Å². The molecule has 126 valence electrons. The largest absolute Gasteiger partial charge is 0.481 e. The number of hydrogen-bond donors (Lipinski definition) is 3. The summed E-state index contributed by atoms with van der Waals surface area (Å²) in [6.07, 6.45) is 1.95. The maximum atomic E-state index is 12.8. The number of carboxylic acids is 1. The molecular formula is C17H18FN3O3. The summed E-state index contributed by atoms with van der Waals surface area (Å²) in [7, 11) is 0. The molecule has 0 saturated carbocycles. The van der Waals surface area contributed by atoms with Crippen molar-refractivity contribution in [2.45, 2.75) is 19.3 Å². The molecule has 0 atom stereocenters. The lowest BCUT2D eigenvalue weighted by Crippen LogP contribution is -2.13. The molecule has 0 bridgehead atoms. The molecule has 0 radical (unpaired) electrons. The summed E-state index contributed by atoms with van der Waals surface area (Å²) >= 11 is 0. The molecule has 7 heteroatoms. The number of anilines is 2. The summed E-state index contributed by atoms with van der Waals surface area (Å²) in [5.74, 6) is -0.977. The molecule has 2 aromatic rings. The molecule has 0 saturated heterocycles. The minimum atomic E-state index is -1.01. The topological polar surface area (TPSA) is 91.3 Å². The second-order valence-electron chi connectivity index (χ2n) is 5.18. The highest BCUT2D eigenvalue weighted by Crippen LogP contribution is 2.11. The van der Waals surface area contributed by atoms with E-state index in [0.29, 0.717) is 18.1 Å². The fourth-order valence-electron chi connectivity index (χ4n) is 2.00. The summed E-state index contributed by atoms with van der Waals surface area (Å²) in [5.41, 5.74) is 1.53. The van der Waals surface area contributed by atoms with Gasteiger partial charge in [0.2, 0.25) is 5.91 Å². The minimum absolute atomic E-state index is 0.0764. The number of nitrogens with zero attached hydrogens (tertiary/aromatic N) is 1. The van der Waals surface area contributed by atoms with Crippen LogP contribution in [0.25, 0.3) is 0 Å². The van der Waals surface area contributed by atoms with E-state index in [4.69, 9.17) is 5.11 Å². The Labute approximate surface area is 138 Å². The van der Waals surface area contributed by atoms with Crippen molar-refractivity contribution in [3.63, 3.8) is 0 Å². The van der Waals surface area contributed by atoms with Gasteiger partial charge in [-0.3, -0.25) is 9.59 Å². The van der Waals surface area contributed by atoms with Crippen molar-refractivity contribution in [1.29, 1.82) is 0 Å². The van der Waals surface area contributed by atoms with Crippen LogP contribution in [0.1, 0.15) is 18.4 Å². The maximum absolute atomic E-state index is 12.8. The molecule has 0 spiro atoms. The number of hydrogen-bond acceptors (Lipinski definition) is 4. The smallest absolute Gasteiger partial charge is 0.303 e. The Hall–Kier alpha value is -2.96. The second kappa shape index (κ2) is 8.61. The highest BCUT2D eigenvalue weighted by atomic mass is 19.1. The Morgan fingerprint density at radius 1 is 1.08 bits per heavy atom. The van der Waals surface area contributed by atoms with Crippen LogP contribution in [0.2, 0.25) is 0 Å². The number of benzene rings is 1. The van der Waals surface area contributed by atoms with E-state index < -0.39 is 5.97 Å². The molecular weight excluding hydrogens is 313 g/mol. The van der Waals surface area contributed by atoms with Gasteiger partial charge in [-0.15, -0.1) is 0 Å². The lowest BCUT2D eigenvalue weighted by molar-refractivity contribution is -0.138. The third kappa shape index (κ3) is 6.04. The molecule has 0 aliphatic heterocycles. The van der Waals surface area contributed by atoms with Crippen LogP contribution in [0.15, 0.2) is 42.6 Å². The van der Waals surface area contributed by atoms with E-state index in [1.165, 1.54) is 18.3 Å². The normalized spacial score (nSPS) is 10.2. The molecule has 0 unspecified atom stereocenters. The van der Waals surface area contributed by atoms with Crippen molar-refractivity contribution in [2.24, 2.45) is 0 Å². The molecule has 1 amide bonds. The highest BCUT2D eigenvalue weighted by molar-refractivity contribution is 5.92.